The van der Waals surface area contributed by atoms with Crippen molar-refractivity contribution in [3.63, 3.8) is 0 Å². The Hall–Kier alpha value is -3.00. The number of rotatable bonds is 5. The van der Waals surface area contributed by atoms with E-state index in [1.54, 1.807) is 54.6 Å². The van der Waals surface area contributed by atoms with E-state index >= 15 is 0 Å². The van der Waals surface area contributed by atoms with Gasteiger partial charge in [-0.25, -0.2) is 0 Å². The number of halogens is 3. The molecule has 0 aromatic heterocycles. The lowest BCUT2D eigenvalue weighted by molar-refractivity contribution is -0.113. The van der Waals surface area contributed by atoms with Gasteiger partial charge in [0.05, 0.1) is 16.3 Å². The Morgan fingerprint density at radius 1 is 0.969 bits per heavy atom. The van der Waals surface area contributed by atoms with Crippen LogP contribution in [0.25, 0.3) is 6.08 Å². The molecule has 6 nitrogen and oxygen atoms in total. The summed E-state index contributed by atoms with van der Waals surface area (Å²) < 4.78 is 11.3. The lowest BCUT2D eigenvalue weighted by Crippen LogP contribution is -2.31. The third kappa shape index (κ3) is 5.07. The average molecular weight is 534 g/mol. The average Bonchev–Trinajstić information content (AvgIpc) is 3.24. The SMILES string of the molecule is O=C(Nc1cc(Cl)ccc1Cl)/C(=C/c1ccc2c(c1)OCO2)NC(=O)c1ccccc1Br. The van der Waals surface area contributed by atoms with E-state index in [4.69, 9.17) is 32.7 Å². The Morgan fingerprint density at radius 2 is 1.75 bits per heavy atom. The molecule has 0 radical (unpaired) electrons. The Balaban J connectivity index is 1.67. The molecule has 3 aromatic carbocycles. The molecule has 1 heterocycles. The quantitative estimate of drug-likeness (QED) is 0.401. The normalized spacial score (nSPS) is 12.4. The number of carbonyl (C=O) groups is 2. The largest absolute Gasteiger partial charge is 0.454 e. The van der Waals surface area contributed by atoms with Crippen molar-refractivity contribution in [1.82, 2.24) is 5.32 Å². The first-order valence-corrected chi connectivity index (χ1v) is 10.9. The summed E-state index contributed by atoms with van der Waals surface area (Å²) in [5.41, 5.74) is 1.32. The summed E-state index contributed by atoms with van der Waals surface area (Å²) >= 11 is 15.5. The topological polar surface area (TPSA) is 76.7 Å². The standard InChI is InChI=1S/C23H15BrCl2N2O4/c24-16-4-2-1-3-15(16)22(29)28-19(9-13-5-8-20-21(10-13)32-12-31-20)23(30)27-18-11-14(25)6-7-17(18)26/h1-11H,12H2,(H,27,30)(H,28,29)/b19-9-. The second-order valence-corrected chi connectivity index (χ2v) is 8.38. The highest BCUT2D eigenvalue weighted by Crippen LogP contribution is 2.33. The van der Waals surface area contributed by atoms with Crippen molar-refractivity contribution in [3.8, 4) is 11.5 Å². The van der Waals surface area contributed by atoms with Gasteiger partial charge in [0.1, 0.15) is 5.70 Å². The molecule has 0 fully saturated rings. The summed E-state index contributed by atoms with van der Waals surface area (Å²) in [6, 6.07) is 16.8. The highest BCUT2D eigenvalue weighted by molar-refractivity contribution is 9.10. The molecule has 4 rings (SSSR count). The van der Waals surface area contributed by atoms with Gasteiger partial charge in [-0.15, -0.1) is 0 Å². The van der Waals surface area contributed by atoms with E-state index in [9.17, 15) is 9.59 Å². The van der Waals surface area contributed by atoms with Gasteiger partial charge in [0, 0.05) is 9.50 Å². The van der Waals surface area contributed by atoms with Gasteiger partial charge in [-0.2, -0.15) is 0 Å². The number of ether oxygens (including phenoxy) is 2. The van der Waals surface area contributed by atoms with Crippen LogP contribution in [-0.2, 0) is 4.79 Å². The number of nitrogens with one attached hydrogen (secondary N) is 2. The zero-order chi connectivity index (χ0) is 22.7. The molecule has 2 amide bonds. The Kier molecular flexibility index (Phi) is 6.69. The zero-order valence-electron chi connectivity index (χ0n) is 16.3. The first kappa shape index (κ1) is 22.2. The number of anilines is 1. The van der Waals surface area contributed by atoms with Crippen LogP contribution in [-0.4, -0.2) is 18.6 Å². The minimum absolute atomic E-state index is 0.000612. The van der Waals surface area contributed by atoms with Crippen LogP contribution in [0.3, 0.4) is 0 Å². The van der Waals surface area contributed by atoms with Crippen molar-refractivity contribution in [3.05, 3.63) is 92.0 Å². The molecule has 0 atom stereocenters. The lowest BCUT2D eigenvalue weighted by atomic mass is 10.1. The van der Waals surface area contributed by atoms with Gasteiger partial charge < -0.3 is 20.1 Å². The Labute approximate surface area is 202 Å². The summed E-state index contributed by atoms with van der Waals surface area (Å²) in [6.07, 6.45) is 1.53. The predicted molar refractivity (Wildman–Crippen MR) is 127 cm³/mol. The van der Waals surface area contributed by atoms with Crippen LogP contribution in [0.5, 0.6) is 11.5 Å². The molecular formula is C23H15BrCl2N2O4. The molecule has 162 valence electrons. The van der Waals surface area contributed by atoms with Crippen LogP contribution < -0.4 is 20.1 Å². The van der Waals surface area contributed by atoms with Gasteiger partial charge in [-0.1, -0.05) is 41.4 Å². The number of hydrogen-bond donors (Lipinski definition) is 2. The van der Waals surface area contributed by atoms with Crippen LogP contribution in [0, 0.1) is 0 Å². The predicted octanol–water partition coefficient (Wildman–Crippen LogP) is 5.89. The van der Waals surface area contributed by atoms with Crippen molar-refractivity contribution >= 4 is 62.7 Å². The van der Waals surface area contributed by atoms with E-state index in [0.29, 0.717) is 42.8 Å². The maximum absolute atomic E-state index is 13.1. The van der Waals surface area contributed by atoms with Crippen molar-refractivity contribution in [1.29, 1.82) is 0 Å². The molecule has 1 aliphatic rings. The molecule has 0 bridgehead atoms. The fourth-order valence-corrected chi connectivity index (χ4v) is 3.75. The zero-order valence-corrected chi connectivity index (χ0v) is 19.4. The van der Waals surface area contributed by atoms with E-state index in [1.807, 2.05) is 0 Å². The van der Waals surface area contributed by atoms with Crippen LogP contribution in [0.2, 0.25) is 10.0 Å². The van der Waals surface area contributed by atoms with Gasteiger partial charge in [0.25, 0.3) is 11.8 Å². The third-order valence-corrected chi connectivity index (χ3v) is 5.75. The number of hydrogen-bond acceptors (Lipinski definition) is 4. The van der Waals surface area contributed by atoms with Crippen LogP contribution >= 0.6 is 39.1 Å². The maximum atomic E-state index is 13.1. The number of fused-ring (bicyclic) bond motifs is 1. The van der Waals surface area contributed by atoms with Crippen LogP contribution in [0.1, 0.15) is 15.9 Å². The summed E-state index contributed by atoms with van der Waals surface area (Å²) in [5.74, 6) is 0.119. The third-order valence-electron chi connectivity index (χ3n) is 4.50. The summed E-state index contributed by atoms with van der Waals surface area (Å²) in [4.78, 5) is 26.0. The molecular weight excluding hydrogens is 519 g/mol. The van der Waals surface area contributed by atoms with Crippen molar-refractivity contribution in [2.24, 2.45) is 0 Å². The Morgan fingerprint density at radius 3 is 2.56 bits per heavy atom. The second kappa shape index (κ2) is 9.65. The molecule has 9 heteroatoms. The fourth-order valence-electron chi connectivity index (χ4n) is 2.95. The Bertz CT molecular complexity index is 1250. The minimum atomic E-state index is -0.577. The van der Waals surface area contributed by atoms with Gasteiger partial charge in [-0.3, -0.25) is 9.59 Å². The number of amides is 2. The van der Waals surface area contributed by atoms with Crippen molar-refractivity contribution in [2.75, 3.05) is 12.1 Å². The highest BCUT2D eigenvalue weighted by Gasteiger charge is 2.19. The molecule has 0 aliphatic carbocycles. The molecule has 0 unspecified atom stereocenters. The van der Waals surface area contributed by atoms with Gasteiger partial charge in [0.2, 0.25) is 6.79 Å². The second-order valence-electron chi connectivity index (χ2n) is 6.68. The molecule has 32 heavy (non-hydrogen) atoms. The molecule has 3 aromatic rings. The van der Waals surface area contributed by atoms with Crippen molar-refractivity contribution < 1.29 is 19.1 Å². The first-order valence-electron chi connectivity index (χ1n) is 9.34. The van der Waals surface area contributed by atoms with Gasteiger partial charge >= 0.3 is 0 Å². The highest BCUT2D eigenvalue weighted by atomic mass is 79.9. The van der Waals surface area contributed by atoms with Crippen molar-refractivity contribution in [2.45, 2.75) is 0 Å². The van der Waals surface area contributed by atoms with E-state index < -0.39 is 11.8 Å². The first-order chi connectivity index (χ1) is 15.4. The number of carbonyl (C=O) groups excluding carboxylic acids is 2. The molecule has 2 N–H and O–H groups in total. The van der Waals surface area contributed by atoms with Crippen LogP contribution in [0.15, 0.2) is 70.8 Å². The molecule has 0 saturated heterocycles. The maximum Gasteiger partial charge on any atom is 0.272 e. The van der Waals surface area contributed by atoms with E-state index in [0.717, 1.165) is 0 Å². The van der Waals surface area contributed by atoms with Gasteiger partial charge in [-0.05, 0) is 70.0 Å². The molecule has 0 spiro atoms. The van der Waals surface area contributed by atoms with Crippen LogP contribution in [0.4, 0.5) is 5.69 Å². The van der Waals surface area contributed by atoms with E-state index in [2.05, 4.69) is 26.6 Å². The summed E-state index contributed by atoms with van der Waals surface area (Å²) in [7, 11) is 0. The van der Waals surface area contributed by atoms with Gasteiger partial charge in [0.15, 0.2) is 11.5 Å². The molecule has 0 saturated carbocycles. The smallest absolute Gasteiger partial charge is 0.272 e. The summed E-state index contributed by atoms with van der Waals surface area (Å²) in [5, 5.41) is 6.08. The monoisotopic (exact) mass is 532 g/mol. The van der Waals surface area contributed by atoms with E-state index in [-0.39, 0.29) is 12.5 Å². The van der Waals surface area contributed by atoms with E-state index in [1.165, 1.54) is 12.1 Å². The fraction of sp³-hybridized carbons (Fsp3) is 0.0435. The summed E-state index contributed by atoms with van der Waals surface area (Å²) in [6.45, 7) is 0.127. The number of benzene rings is 3. The minimum Gasteiger partial charge on any atom is -0.454 e. The lowest BCUT2D eigenvalue weighted by Gasteiger charge is -2.13. The molecule has 1 aliphatic heterocycles.